The number of nitrogens with one attached hydrogen (secondary N) is 1. The Morgan fingerprint density at radius 2 is 1.76 bits per heavy atom. The van der Waals surface area contributed by atoms with Crippen molar-refractivity contribution >= 4 is 23.1 Å². The highest BCUT2D eigenvalue weighted by molar-refractivity contribution is 6.00. The van der Waals surface area contributed by atoms with Crippen LogP contribution in [0.5, 0.6) is 0 Å². The molecule has 3 aromatic rings. The molecule has 6 fully saturated rings. The highest BCUT2D eigenvalue weighted by Crippen LogP contribution is 2.70. The summed E-state index contributed by atoms with van der Waals surface area (Å²) in [6.07, 6.45) is 8.97. The number of aryl methyl sites for hydroxylation is 1. The normalized spacial score (nSPS) is 31.7. The number of anilines is 3. The molecule has 6 aliphatic rings. The molecule has 2 heterocycles. The molecule has 0 aliphatic heterocycles. The summed E-state index contributed by atoms with van der Waals surface area (Å²) in [5, 5.41) is 7.83. The molecule has 0 saturated heterocycles. The van der Waals surface area contributed by atoms with Gasteiger partial charge in [-0.25, -0.2) is 9.37 Å². The SMILES string of the molecule is Cc1ccc(Nc2cccc(N(CC34CCC(c5noc(C(C)(C)C)n5)(CC3)CC4)C(=O)C34CC(F)(C3)C4)c2)nc1. The van der Waals surface area contributed by atoms with Crippen LogP contribution in [0.25, 0.3) is 0 Å². The van der Waals surface area contributed by atoms with Crippen LogP contribution in [0.2, 0.25) is 0 Å². The highest BCUT2D eigenvalue weighted by atomic mass is 19.1. The number of hydrogen-bond acceptors (Lipinski definition) is 6. The number of amides is 1. The maximum atomic E-state index is 14.6. The molecule has 8 heteroatoms. The van der Waals surface area contributed by atoms with Crippen molar-refractivity contribution in [3.8, 4) is 0 Å². The predicted octanol–water partition coefficient (Wildman–Crippen LogP) is 7.33. The van der Waals surface area contributed by atoms with Crippen molar-refractivity contribution in [3.63, 3.8) is 0 Å². The van der Waals surface area contributed by atoms with E-state index < -0.39 is 11.1 Å². The molecule has 0 spiro atoms. The molecule has 9 rings (SSSR count). The Morgan fingerprint density at radius 1 is 1.05 bits per heavy atom. The molecule has 41 heavy (non-hydrogen) atoms. The molecular formula is C33H40FN5O2. The van der Waals surface area contributed by atoms with Crippen molar-refractivity contribution in [2.75, 3.05) is 16.8 Å². The van der Waals surface area contributed by atoms with E-state index in [0.29, 0.717) is 31.7 Å². The van der Waals surface area contributed by atoms with E-state index in [2.05, 4.69) is 36.2 Å². The summed E-state index contributed by atoms with van der Waals surface area (Å²) in [5.41, 5.74) is 1.02. The van der Waals surface area contributed by atoms with Gasteiger partial charge in [-0.3, -0.25) is 4.79 Å². The third kappa shape index (κ3) is 4.45. The van der Waals surface area contributed by atoms with E-state index >= 15 is 0 Å². The van der Waals surface area contributed by atoms with Crippen molar-refractivity contribution in [3.05, 3.63) is 59.9 Å². The van der Waals surface area contributed by atoms with E-state index in [9.17, 15) is 9.18 Å². The van der Waals surface area contributed by atoms with Gasteiger partial charge in [-0.15, -0.1) is 0 Å². The second-order valence-corrected chi connectivity index (χ2v) is 14.7. The Kier molecular flexibility index (Phi) is 5.74. The van der Waals surface area contributed by atoms with Crippen LogP contribution < -0.4 is 10.2 Å². The van der Waals surface area contributed by atoms with Gasteiger partial charge in [-0.05, 0) is 100.0 Å². The number of carbonyl (C=O) groups excluding carboxylic acids is 1. The third-order valence-corrected chi connectivity index (χ3v) is 10.4. The first-order valence-corrected chi connectivity index (χ1v) is 15.1. The smallest absolute Gasteiger partial charge is 0.233 e. The van der Waals surface area contributed by atoms with E-state index in [1.165, 1.54) is 0 Å². The zero-order valence-electron chi connectivity index (χ0n) is 24.6. The Bertz CT molecular complexity index is 1450. The van der Waals surface area contributed by atoms with E-state index in [1.807, 2.05) is 54.4 Å². The van der Waals surface area contributed by atoms with Gasteiger partial charge in [0.15, 0.2) is 5.82 Å². The third-order valence-electron chi connectivity index (χ3n) is 10.4. The lowest BCUT2D eigenvalue weighted by Gasteiger charge is -2.65. The van der Waals surface area contributed by atoms with Crippen molar-refractivity contribution in [1.82, 2.24) is 15.1 Å². The molecule has 0 atom stereocenters. The van der Waals surface area contributed by atoms with Gasteiger partial charge in [0.05, 0.1) is 5.41 Å². The quantitative estimate of drug-likeness (QED) is 0.327. The summed E-state index contributed by atoms with van der Waals surface area (Å²) in [7, 11) is 0. The number of benzene rings is 1. The molecule has 7 nitrogen and oxygen atoms in total. The average molecular weight is 558 g/mol. The Hall–Kier alpha value is -3.29. The van der Waals surface area contributed by atoms with Gasteiger partial charge in [0, 0.05) is 34.9 Å². The van der Waals surface area contributed by atoms with Crippen LogP contribution in [0, 0.1) is 17.8 Å². The molecule has 4 bridgehead atoms. The van der Waals surface area contributed by atoms with Gasteiger partial charge in [-0.2, -0.15) is 4.98 Å². The number of carbonyl (C=O) groups is 1. The van der Waals surface area contributed by atoms with Crippen molar-refractivity contribution in [2.45, 2.75) is 102 Å². The predicted molar refractivity (Wildman–Crippen MR) is 156 cm³/mol. The van der Waals surface area contributed by atoms with Gasteiger partial charge >= 0.3 is 0 Å². The lowest BCUT2D eigenvalue weighted by molar-refractivity contribution is -0.211. The van der Waals surface area contributed by atoms with Crippen LogP contribution in [0.4, 0.5) is 21.6 Å². The molecule has 216 valence electrons. The minimum absolute atomic E-state index is 0.0346. The summed E-state index contributed by atoms with van der Waals surface area (Å²) in [6.45, 7) is 8.96. The standard InChI is InChI=1S/C33H40FN5O2/c1-22-8-9-25(35-17-22)36-23-6-5-7-24(16-23)39(28(40)32-18-33(34,19-32)20-32)21-30-10-13-31(14-11-30,15-12-30)26-37-27(41-38-26)29(2,3)4/h5-9,16-17H,10-15,18-21H2,1-4H3,(H,35,36). The number of halogens is 1. The zero-order valence-corrected chi connectivity index (χ0v) is 24.6. The summed E-state index contributed by atoms with van der Waals surface area (Å²) in [6, 6.07) is 12.0. The van der Waals surface area contributed by atoms with E-state index in [4.69, 9.17) is 9.51 Å². The number of fused-ring (bicyclic) bond motifs is 3. The first-order valence-electron chi connectivity index (χ1n) is 15.1. The van der Waals surface area contributed by atoms with E-state index in [-0.39, 0.29) is 22.2 Å². The summed E-state index contributed by atoms with van der Waals surface area (Å²) >= 11 is 0. The topological polar surface area (TPSA) is 84.1 Å². The molecule has 2 aromatic heterocycles. The van der Waals surface area contributed by atoms with E-state index in [1.54, 1.807) is 0 Å². The second kappa shape index (κ2) is 8.85. The van der Waals surface area contributed by atoms with Crippen LogP contribution in [-0.4, -0.2) is 33.2 Å². The fourth-order valence-corrected chi connectivity index (χ4v) is 7.81. The molecule has 6 aliphatic carbocycles. The zero-order chi connectivity index (χ0) is 28.7. The fraction of sp³-hybridized carbons (Fsp3) is 0.576. The first kappa shape index (κ1) is 26.6. The van der Waals surface area contributed by atoms with Gasteiger partial charge in [0.1, 0.15) is 11.5 Å². The molecule has 1 amide bonds. The Morgan fingerprint density at radius 3 is 2.34 bits per heavy atom. The maximum Gasteiger partial charge on any atom is 0.233 e. The molecule has 1 N–H and O–H groups in total. The van der Waals surface area contributed by atoms with E-state index in [0.717, 1.165) is 67.1 Å². The van der Waals surface area contributed by atoms with Crippen molar-refractivity contribution < 1.29 is 13.7 Å². The van der Waals surface area contributed by atoms with Gasteiger partial charge in [-0.1, -0.05) is 38.1 Å². The second-order valence-electron chi connectivity index (χ2n) is 14.7. The van der Waals surface area contributed by atoms with Crippen LogP contribution in [0.15, 0.2) is 47.1 Å². The van der Waals surface area contributed by atoms with Crippen LogP contribution >= 0.6 is 0 Å². The number of rotatable bonds is 7. The van der Waals surface area contributed by atoms with Crippen molar-refractivity contribution in [1.29, 1.82) is 0 Å². The Balaban J connectivity index is 1.13. The number of pyridine rings is 1. The van der Waals surface area contributed by atoms with Gasteiger partial charge < -0.3 is 14.7 Å². The molecular weight excluding hydrogens is 517 g/mol. The minimum Gasteiger partial charge on any atom is -0.340 e. The lowest BCUT2D eigenvalue weighted by atomic mass is 9.41. The number of nitrogens with zero attached hydrogens (tertiary/aromatic N) is 4. The fourth-order valence-electron chi connectivity index (χ4n) is 7.81. The molecule has 0 radical (unpaired) electrons. The summed E-state index contributed by atoms with van der Waals surface area (Å²) in [5.74, 6) is 2.40. The summed E-state index contributed by atoms with van der Waals surface area (Å²) < 4.78 is 20.2. The average Bonchev–Trinajstić information content (AvgIpc) is 3.44. The molecule has 6 saturated carbocycles. The van der Waals surface area contributed by atoms with Gasteiger partial charge in [0.25, 0.3) is 0 Å². The lowest BCUT2D eigenvalue weighted by Crippen LogP contribution is -2.71. The minimum atomic E-state index is -1.12. The van der Waals surface area contributed by atoms with Crippen LogP contribution in [0.3, 0.4) is 0 Å². The first-order chi connectivity index (χ1) is 19.4. The monoisotopic (exact) mass is 557 g/mol. The van der Waals surface area contributed by atoms with Gasteiger partial charge in [0.2, 0.25) is 11.8 Å². The number of hydrogen-bond donors (Lipinski definition) is 1. The molecule has 0 unspecified atom stereocenters. The van der Waals surface area contributed by atoms with Crippen LogP contribution in [-0.2, 0) is 15.6 Å². The number of alkyl halides is 1. The Labute approximate surface area is 241 Å². The van der Waals surface area contributed by atoms with Crippen molar-refractivity contribution in [2.24, 2.45) is 10.8 Å². The maximum absolute atomic E-state index is 14.6. The van der Waals surface area contributed by atoms with Crippen LogP contribution in [0.1, 0.15) is 95.8 Å². The number of aromatic nitrogens is 3. The molecule has 1 aromatic carbocycles. The largest absolute Gasteiger partial charge is 0.340 e. The summed E-state index contributed by atoms with van der Waals surface area (Å²) in [4.78, 5) is 25.5. The highest BCUT2D eigenvalue weighted by Gasteiger charge is 2.73.